The van der Waals surface area contributed by atoms with Crippen LogP contribution in [0.15, 0.2) is 41.6 Å². The minimum Gasteiger partial charge on any atom is -0.280 e. The molecule has 2 aromatic rings. The zero-order chi connectivity index (χ0) is 13.2. The van der Waals surface area contributed by atoms with Crippen molar-refractivity contribution in [2.24, 2.45) is 0 Å². The van der Waals surface area contributed by atoms with Crippen molar-refractivity contribution in [1.82, 2.24) is 9.97 Å². The summed E-state index contributed by atoms with van der Waals surface area (Å²) in [5.41, 5.74) is 0.483. The summed E-state index contributed by atoms with van der Waals surface area (Å²) in [6.45, 7) is 0. The fourth-order valence-corrected chi connectivity index (χ4v) is 2.78. The molecular formula is C10H7ClIN3O2S. The third-order valence-corrected chi connectivity index (χ3v) is 4.19. The van der Waals surface area contributed by atoms with Gasteiger partial charge in [-0.15, -0.1) is 0 Å². The molecule has 0 bridgehead atoms. The Balaban J connectivity index is 2.30. The number of aromatic nitrogens is 2. The third-order valence-electron chi connectivity index (χ3n) is 1.98. The average Bonchev–Trinajstić information content (AvgIpc) is 2.29. The number of anilines is 1. The van der Waals surface area contributed by atoms with Crippen molar-refractivity contribution < 1.29 is 8.42 Å². The SMILES string of the molecule is O=S(=O)(Nc1cccc(I)c1)c1cnc(Cl)nc1. The molecule has 0 fully saturated rings. The topological polar surface area (TPSA) is 72.0 Å². The van der Waals surface area contributed by atoms with Gasteiger partial charge < -0.3 is 0 Å². The molecule has 0 saturated carbocycles. The van der Waals surface area contributed by atoms with Crippen LogP contribution in [0.3, 0.4) is 0 Å². The minimum atomic E-state index is -3.68. The lowest BCUT2D eigenvalue weighted by molar-refractivity contribution is 0.600. The number of rotatable bonds is 3. The molecule has 94 valence electrons. The van der Waals surface area contributed by atoms with Gasteiger partial charge >= 0.3 is 0 Å². The van der Waals surface area contributed by atoms with E-state index >= 15 is 0 Å². The van der Waals surface area contributed by atoms with Crippen LogP contribution in [0.2, 0.25) is 5.28 Å². The molecule has 1 N–H and O–H groups in total. The Morgan fingerprint density at radius 1 is 1.22 bits per heavy atom. The maximum absolute atomic E-state index is 12.0. The van der Waals surface area contributed by atoms with Gasteiger partial charge in [0, 0.05) is 9.26 Å². The van der Waals surface area contributed by atoms with E-state index in [2.05, 4.69) is 37.3 Å². The van der Waals surface area contributed by atoms with Crippen molar-refractivity contribution >= 4 is 49.9 Å². The van der Waals surface area contributed by atoms with Crippen LogP contribution in [-0.4, -0.2) is 18.4 Å². The standard InChI is InChI=1S/C10H7ClIN3O2S/c11-10-13-5-9(6-14-10)18(16,17)15-8-3-1-2-7(12)4-8/h1-6,15H. The van der Waals surface area contributed by atoms with Gasteiger partial charge in [-0.2, -0.15) is 0 Å². The Morgan fingerprint density at radius 3 is 2.50 bits per heavy atom. The van der Waals surface area contributed by atoms with E-state index < -0.39 is 10.0 Å². The molecule has 0 spiro atoms. The van der Waals surface area contributed by atoms with Crippen molar-refractivity contribution in [2.75, 3.05) is 4.72 Å². The number of halogens is 2. The highest BCUT2D eigenvalue weighted by Gasteiger charge is 2.15. The number of hydrogen-bond donors (Lipinski definition) is 1. The van der Waals surface area contributed by atoms with Gasteiger partial charge in [0.15, 0.2) is 0 Å². The summed E-state index contributed by atoms with van der Waals surface area (Å²) < 4.78 is 27.3. The first-order chi connectivity index (χ1) is 8.47. The Bertz CT molecular complexity index is 661. The smallest absolute Gasteiger partial charge is 0.264 e. The molecule has 0 unspecified atom stereocenters. The molecule has 0 saturated heterocycles. The molecule has 18 heavy (non-hydrogen) atoms. The molecular weight excluding hydrogens is 389 g/mol. The molecule has 1 aromatic heterocycles. The van der Waals surface area contributed by atoms with Gasteiger partial charge in [-0.3, -0.25) is 4.72 Å². The summed E-state index contributed by atoms with van der Waals surface area (Å²) in [5.74, 6) is 0. The van der Waals surface area contributed by atoms with E-state index in [1.165, 1.54) is 0 Å². The predicted octanol–water partition coefficient (Wildman–Crippen LogP) is 2.54. The first kappa shape index (κ1) is 13.5. The molecule has 0 aliphatic rings. The van der Waals surface area contributed by atoms with Crippen LogP contribution in [0.4, 0.5) is 5.69 Å². The second kappa shape index (κ2) is 5.37. The lowest BCUT2D eigenvalue weighted by Gasteiger charge is -2.07. The predicted molar refractivity (Wildman–Crippen MR) is 77.0 cm³/mol. The van der Waals surface area contributed by atoms with Crippen molar-refractivity contribution in [1.29, 1.82) is 0 Å². The summed E-state index contributed by atoms with van der Waals surface area (Å²) >= 11 is 7.60. The van der Waals surface area contributed by atoms with Crippen LogP contribution in [0.25, 0.3) is 0 Å². The van der Waals surface area contributed by atoms with Crippen LogP contribution < -0.4 is 4.72 Å². The molecule has 0 aliphatic heterocycles. The maximum Gasteiger partial charge on any atom is 0.264 e. The second-order valence-electron chi connectivity index (χ2n) is 3.30. The molecule has 0 atom stereocenters. The molecule has 8 heteroatoms. The highest BCUT2D eigenvalue weighted by Crippen LogP contribution is 2.17. The van der Waals surface area contributed by atoms with Gasteiger partial charge in [0.25, 0.3) is 10.0 Å². The van der Waals surface area contributed by atoms with E-state index in [-0.39, 0.29) is 10.2 Å². The maximum atomic E-state index is 12.0. The number of benzene rings is 1. The van der Waals surface area contributed by atoms with E-state index in [1.807, 2.05) is 6.07 Å². The molecule has 0 aliphatic carbocycles. The number of hydrogen-bond acceptors (Lipinski definition) is 4. The van der Waals surface area contributed by atoms with E-state index in [0.717, 1.165) is 16.0 Å². The molecule has 5 nitrogen and oxygen atoms in total. The molecule has 0 radical (unpaired) electrons. The summed E-state index contributed by atoms with van der Waals surface area (Å²) in [6, 6.07) is 7.01. The highest BCUT2D eigenvalue weighted by molar-refractivity contribution is 14.1. The van der Waals surface area contributed by atoms with Crippen LogP contribution >= 0.6 is 34.2 Å². The lowest BCUT2D eigenvalue weighted by Crippen LogP contribution is -2.13. The Kier molecular flexibility index (Phi) is 4.03. The fraction of sp³-hybridized carbons (Fsp3) is 0. The van der Waals surface area contributed by atoms with Crippen molar-refractivity contribution in [3.8, 4) is 0 Å². The first-order valence-electron chi connectivity index (χ1n) is 4.73. The Hall–Kier alpha value is -0.930. The largest absolute Gasteiger partial charge is 0.280 e. The summed E-state index contributed by atoms with van der Waals surface area (Å²) in [6.07, 6.45) is 2.32. The van der Waals surface area contributed by atoms with Crippen molar-refractivity contribution in [2.45, 2.75) is 4.90 Å². The van der Waals surface area contributed by atoms with Crippen molar-refractivity contribution in [3.63, 3.8) is 0 Å². The second-order valence-corrected chi connectivity index (χ2v) is 6.57. The van der Waals surface area contributed by atoms with Crippen molar-refractivity contribution in [3.05, 3.63) is 45.5 Å². The van der Waals surface area contributed by atoms with E-state index in [1.54, 1.807) is 18.2 Å². The first-order valence-corrected chi connectivity index (χ1v) is 7.67. The zero-order valence-electron chi connectivity index (χ0n) is 8.84. The third kappa shape index (κ3) is 3.30. The van der Waals surface area contributed by atoms with Crippen LogP contribution in [0.5, 0.6) is 0 Å². The number of nitrogens with zero attached hydrogens (tertiary/aromatic N) is 2. The fourth-order valence-electron chi connectivity index (χ4n) is 1.21. The molecule has 2 rings (SSSR count). The number of sulfonamides is 1. The van der Waals surface area contributed by atoms with Crippen LogP contribution in [0.1, 0.15) is 0 Å². The Morgan fingerprint density at radius 2 is 1.89 bits per heavy atom. The van der Waals surface area contributed by atoms with E-state index in [9.17, 15) is 8.42 Å². The number of nitrogens with one attached hydrogen (secondary N) is 1. The zero-order valence-corrected chi connectivity index (χ0v) is 12.6. The summed E-state index contributed by atoms with van der Waals surface area (Å²) in [7, 11) is -3.68. The van der Waals surface area contributed by atoms with Gasteiger partial charge in [0.05, 0.1) is 12.4 Å². The quantitative estimate of drug-likeness (QED) is 0.640. The Labute approximate surface area is 123 Å². The molecule has 1 aromatic carbocycles. The monoisotopic (exact) mass is 395 g/mol. The average molecular weight is 396 g/mol. The van der Waals surface area contributed by atoms with Gasteiger partial charge in [0.2, 0.25) is 5.28 Å². The van der Waals surface area contributed by atoms with E-state index in [4.69, 9.17) is 11.6 Å². The lowest BCUT2D eigenvalue weighted by atomic mass is 10.3. The summed E-state index contributed by atoms with van der Waals surface area (Å²) in [5, 5.41) is 0.00297. The van der Waals surface area contributed by atoms with Gasteiger partial charge in [-0.05, 0) is 52.4 Å². The molecule has 1 heterocycles. The van der Waals surface area contributed by atoms with Gasteiger partial charge in [-0.1, -0.05) is 6.07 Å². The van der Waals surface area contributed by atoms with E-state index in [0.29, 0.717) is 5.69 Å². The van der Waals surface area contributed by atoms with Crippen LogP contribution in [0, 0.1) is 3.57 Å². The molecule has 0 amide bonds. The van der Waals surface area contributed by atoms with Gasteiger partial charge in [-0.25, -0.2) is 18.4 Å². The van der Waals surface area contributed by atoms with Gasteiger partial charge in [0.1, 0.15) is 4.90 Å². The summed E-state index contributed by atoms with van der Waals surface area (Å²) in [4.78, 5) is 7.24. The normalized spacial score (nSPS) is 11.2. The minimum absolute atomic E-state index is 0.00297. The highest BCUT2D eigenvalue weighted by atomic mass is 127. The van der Waals surface area contributed by atoms with Crippen LogP contribution in [-0.2, 0) is 10.0 Å².